The average molecular weight is 290 g/mol. The second kappa shape index (κ2) is 7.92. The van der Waals surface area contributed by atoms with Gasteiger partial charge in [0, 0.05) is 6.04 Å². The Morgan fingerprint density at radius 3 is 2.43 bits per heavy atom. The maximum atomic E-state index is 10.4. The summed E-state index contributed by atoms with van der Waals surface area (Å²) in [5, 5.41) is 10.4. The van der Waals surface area contributed by atoms with Crippen molar-refractivity contribution in [1.82, 2.24) is 9.80 Å². The Hall–Kier alpha value is -0.900. The van der Waals surface area contributed by atoms with E-state index in [9.17, 15) is 5.11 Å². The highest BCUT2D eigenvalue weighted by Crippen LogP contribution is 2.34. The molecule has 1 aliphatic carbocycles. The van der Waals surface area contributed by atoms with E-state index in [2.05, 4.69) is 61.3 Å². The lowest BCUT2D eigenvalue weighted by molar-refractivity contribution is 0.0245. The lowest BCUT2D eigenvalue weighted by atomic mass is 9.79. The van der Waals surface area contributed by atoms with E-state index in [4.69, 9.17) is 0 Å². The minimum atomic E-state index is -0.172. The van der Waals surface area contributed by atoms with E-state index in [1.807, 2.05) is 0 Å². The van der Waals surface area contributed by atoms with Crippen molar-refractivity contribution in [3.05, 3.63) is 35.9 Å². The molecule has 2 rings (SSSR count). The van der Waals surface area contributed by atoms with Gasteiger partial charge in [-0.2, -0.15) is 0 Å². The SMILES string of the molecule is CN(C)CCCN(C)C1CC(c2ccccc2)CCC1O. The Balaban J connectivity index is 1.91. The molecule has 0 bridgehead atoms. The molecule has 0 aliphatic heterocycles. The summed E-state index contributed by atoms with van der Waals surface area (Å²) in [4.78, 5) is 4.58. The van der Waals surface area contributed by atoms with Crippen LogP contribution in [0.3, 0.4) is 0 Å². The number of aliphatic hydroxyl groups is 1. The van der Waals surface area contributed by atoms with Gasteiger partial charge in [-0.15, -0.1) is 0 Å². The highest BCUT2D eigenvalue weighted by molar-refractivity contribution is 5.20. The third-order valence-electron chi connectivity index (χ3n) is 4.73. The van der Waals surface area contributed by atoms with Crippen LogP contribution in [0.1, 0.15) is 37.2 Å². The van der Waals surface area contributed by atoms with E-state index in [1.165, 1.54) is 5.56 Å². The fourth-order valence-electron chi connectivity index (χ4n) is 3.43. The van der Waals surface area contributed by atoms with Gasteiger partial charge in [0.15, 0.2) is 0 Å². The predicted molar refractivity (Wildman–Crippen MR) is 88.6 cm³/mol. The van der Waals surface area contributed by atoms with Gasteiger partial charge in [0.1, 0.15) is 0 Å². The molecule has 1 aromatic rings. The fraction of sp³-hybridized carbons (Fsp3) is 0.667. The summed E-state index contributed by atoms with van der Waals surface area (Å²) in [6.45, 7) is 2.16. The van der Waals surface area contributed by atoms with Gasteiger partial charge in [-0.3, -0.25) is 0 Å². The quantitative estimate of drug-likeness (QED) is 0.872. The van der Waals surface area contributed by atoms with Gasteiger partial charge in [-0.1, -0.05) is 30.3 Å². The molecule has 118 valence electrons. The Bertz CT molecular complexity index is 407. The summed E-state index contributed by atoms with van der Waals surface area (Å²) in [6.07, 6.45) is 4.08. The first kappa shape index (κ1) is 16.5. The average Bonchev–Trinajstić information content (AvgIpc) is 2.48. The van der Waals surface area contributed by atoms with Gasteiger partial charge < -0.3 is 14.9 Å². The minimum Gasteiger partial charge on any atom is -0.391 e. The van der Waals surface area contributed by atoms with Crippen molar-refractivity contribution in [3.8, 4) is 0 Å². The first-order valence-electron chi connectivity index (χ1n) is 8.16. The number of hydrogen-bond donors (Lipinski definition) is 1. The van der Waals surface area contributed by atoms with Gasteiger partial charge in [0.2, 0.25) is 0 Å². The largest absolute Gasteiger partial charge is 0.391 e. The van der Waals surface area contributed by atoms with Gasteiger partial charge >= 0.3 is 0 Å². The summed E-state index contributed by atoms with van der Waals surface area (Å²) in [5.41, 5.74) is 1.43. The molecule has 0 heterocycles. The third kappa shape index (κ3) is 4.80. The highest BCUT2D eigenvalue weighted by atomic mass is 16.3. The summed E-state index contributed by atoms with van der Waals surface area (Å²) >= 11 is 0. The molecule has 3 heteroatoms. The Morgan fingerprint density at radius 2 is 1.76 bits per heavy atom. The molecular formula is C18H30N2O. The van der Waals surface area contributed by atoms with Crippen LogP contribution in [0.2, 0.25) is 0 Å². The zero-order valence-electron chi connectivity index (χ0n) is 13.7. The molecular weight excluding hydrogens is 260 g/mol. The smallest absolute Gasteiger partial charge is 0.0695 e. The molecule has 21 heavy (non-hydrogen) atoms. The van der Waals surface area contributed by atoms with Crippen molar-refractivity contribution in [3.63, 3.8) is 0 Å². The maximum Gasteiger partial charge on any atom is 0.0695 e. The highest BCUT2D eigenvalue weighted by Gasteiger charge is 2.32. The van der Waals surface area contributed by atoms with E-state index in [0.29, 0.717) is 12.0 Å². The lowest BCUT2D eigenvalue weighted by Crippen LogP contribution is -2.45. The number of nitrogens with zero attached hydrogens (tertiary/aromatic N) is 2. The molecule has 0 radical (unpaired) electrons. The zero-order valence-corrected chi connectivity index (χ0v) is 13.7. The fourth-order valence-corrected chi connectivity index (χ4v) is 3.43. The number of rotatable bonds is 6. The van der Waals surface area contributed by atoms with Gasteiger partial charge in [0.05, 0.1) is 6.10 Å². The summed E-state index contributed by atoms with van der Waals surface area (Å²) in [7, 11) is 6.39. The molecule has 0 amide bonds. The van der Waals surface area contributed by atoms with Crippen molar-refractivity contribution < 1.29 is 5.11 Å². The van der Waals surface area contributed by atoms with E-state index < -0.39 is 0 Å². The number of likely N-dealkylation sites (N-methyl/N-ethyl adjacent to an activating group) is 1. The molecule has 1 aliphatic rings. The van der Waals surface area contributed by atoms with Crippen molar-refractivity contribution in [2.24, 2.45) is 0 Å². The molecule has 1 aromatic carbocycles. The molecule has 1 saturated carbocycles. The van der Waals surface area contributed by atoms with Crippen LogP contribution in [-0.2, 0) is 0 Å². The normalized spacial score (nSPS) is 26.5. The van der Waals surface area contributed by atoms with E-state index in [0.717, 1.165) is 38.8 Å². The predicted octanol–water partition coefficient (Wildman–Crippen LogP) is 2.57. The van der Waals surface area contributed by atoms with Crippen LogP contribution in [0, 0.1) is 0 Å². The van der Waals surface area contributed by atoms with Gasteiger partial charge in [0.25, 0.3) is 0 Å². The molecule has 0 aromatic heterocycles. The molecule has 1 N–H and O–H groups in total. The topological polar surface area (TPSA) is 26.7 Å². The van der Waals surface area contributed by atoms with E-state index in [1.54, 1.807) is 0 Å². The molecule has 3 unspecified atom stereocenters. The van der Waals surface area contributed by atoms with E-state index in [-0.39, 0.29) is 6.10 Å². The minimum absolute atomic E-state index is 0.172. The van der Waals surface area contributed by atoms with Crippen molar-refractivity contribution in [2.45, 2.75) is 43.7 Å². The van der Waals surface area contributed by atoms with Crippen LogP contribution in [0.25, 0.3) is 0 Å². The molecule has 0 spiro atoms. The second-order valence-electron chi connectivity index (χ2n) is 6.69. The lowest BCUT2D eigenvalue weighted by Gasteiger charge is -2.39. The molecule has 0 saturated heterocycles. The van der Waals surface area contributed by atoms with Crippen LogP contribution < -0.4 is 0 Å². The Morgan fingerprint density at radius 1 is 1.05 bits per heavy atom. The van der Waals surface area contributed by atoms with Crippen LogP contribution in [0.15, 0.2) is 30.3 Å². The summed E-state index contributed by atoms with van der Waals surface area (Å²) < 4.78 is 0. The molecule has 1 fully saturated rings. The maximum absolute atomic E-state index is 10.4. The van der Waals surface area contributed by atoms with Crippen LogP contribution in [0.5, 0.6) is 0 Å². The first-order valence-corrected chi connectivity index (χ1v) is 8.16. The Kier molecular flexibility index (Phi) is 6.22. The summed E-state index contributed by atoms with van der Waals surface area (Å²) in [5.74, 6) is 0.593. The van der Waals surface area contributed by atoms with E-state index >= 15 is 0 Å². The Labute approximate surface area is 129 Å². The van der Waals surface area contributed by atoms with Crippen molar-refractivity contribution in [2.75, 3.05) is 34.2 Å². The van der Waals surface area contributed by atoms with Crippen LogP contribution in [-0.4, -0.2) is 61.3 Å². The van der Waals surface area contributed by atoms with Crippen molar-refractivity contribution >= 4 is 0 Å². The van der Waals surface area contributed by atoms with Gasteiger partial charge in [-0.25, -0.2) is 0 Å². The zero-order chi connectivity index (χ0) is 15.2. The summed E-state index contributed by atoms with van der Waals surface area (Å²) in [6, 6.07) is 11.1. The number of hydrogen-bond acceptors (Lipinski definition) is 3. The molecule has 3 atom stereocenters. The molecule has 3 nitrogen and oxygen atoms in total. The standard InChI is InChI=1S/C18H30N2O/c1-19(2)12-7-13-20(3)17-14-16(10-11-18(17)21)15-8-5-4-6-9-15/h4-6,8-9,16-18,21H,7,10-14H2,1-3H3. The van der Waals surface area contributed by atoms with Gasteiger partial charge in [-0.05, 0) is 71.4 Å². The first-order chi connectivity index (χ1) is 10.1. The van der Waals surface area contributed by atoms with Crippen LogP contribution in [0.4, 0.5) is 0 Å². The number of benzene rings is 1. The second-order valence-corrected chi connectivity index (χ2v) is 6.69. The monoisotopic (exact) mass is 290 g/mol. The third-order valence-corrected chi connectivity index (χ3v) is 4.73. The van der Waals surface area contributed by atoms with Crippen LogP contribution >= 0.6 is 0 Å². The van der Waals surface area contributed by atoms with Crippen molar-refractivity contribution in [1.29, 1.82) is 0 Å². The number of aliphatic hydroxyl groups excluding tert-OH is 1.